The number of fused-ring (bicyclic) bond motifs is 1. The number of hydrogen-bond acceptors (Lipinski definition) is 5. The molecule has 6 nitrogen and oxygen atoms in total. The lowest BCUT2D eigenvalue weighted by Crippen LogP contribution is -2.18. The lowest BCUT2D eigenvalue weighted by atomic mass is 9.98. The Morgan fingerprint density at radius 3 is 2.79 bits per heavy atom. The molecule has 0 spiro atoms. The second kappa shape index (κ2) is 8.61. The molecular formula is C18H24N2O4. The molecule has 24 heavy (non-hydrogen) atoms. The molecule has 0 aliphatic rings. The Morgan fingerprint density at radius 2 is 2.08 bits per heavy atom. The number of hydrogen-bond donors (Lipinski definition) is 1. The van der Waals surface area contributed by atoms with Gasteiger partial charge < -0.3 is 14.7 Å². The van der Waals surface area contributed by atoms with Gasteiger partial charge in [0.2, 0.25) is 0 Å². The van der Waals surface area contributed by atoms with Gasteiger partial charge in [-0.3, -0.25) is 4.79 Å². The minimum atomic E-state index is -0.530. The first-order valence-corrected chi connectivity index (χ1v) is 8.11. The first kappa shape index (κ1) is 18.2. The molecule has 130 valence electrons. The van der Waals surface area contributed by atoms with Crippen molar-refractivity contribution < 1.29 is 14.7 Å². The molecular weight excluding hydrogens is 308 g/mol. The van der Waals surface area contributed by atoms with Crippen molar-refractivity contribution >= 4 is 16.5 Å². The van der Waals surface area contributed by atoms with E-state index in [0.717, 1.165) is 29.7 Å². The van der Waals surface area contributed by atoms with E-state index in [2.05, 4.69) is 11.9 Å². The zero-order valence-corrected chi connectivity index (χ0v) is 14.4. The summed E-state index contributed by atoms with van der Waals surface area (Å²) in [5.74, 6) is 0. The van der Waals surface area contributed by atoms with Crippen molar-refractivity contribution in [1.29, 1.82) is 0 Å². The van der Waals surface area contributed by atoms with E-state index in [1.54, 1.807) is 12.3 Å². The Hall–Kier alpha value is -2.18. The molecule has 2 rings (SSSR count). The van der Waals surface area contributed by atoms with E-state index in [1.165, 1.54) is 6.20 Å². The summed E-state index contributed by atoms with van der Waals surface area (Å²) in [5, 5.41) is 10.2. The highest BCUT2D eigenvalue weighted by molar-refractivity contribution is 5.92. The summed E-state index contributed by atoms with van der Waals surface area (Å²) in [7, 11) is 0. The minimum Gasteiger partial charge on any atom is -0.425 e. The molecule has 2 aromatic rings. The molecule has 0 fully saturated rings. The molecule has 0 unspecified atom stereocenters. The molecule has 1 N–H and O–H groups in total. The van der Waals surface area contributed by atoms with Gasteiger partial charge in [0, 0.05) is 24.4 Å². The topological polar surface area (TPSA) is 73.6 Å². The molecule has 0 amide bonds. The number of ether oxygens (including phenoxy) is 2. The summed E-state index contributed by atoms with van der Waals surface area (Å²) < 4.78 is 11.6. The van der Waals surface area contributed by atoms with Gasteiger partial charge in [-0.05, 0) is 43.0 Å². The van der Waals surface area contributed by atoms with Crippen LogP contribution in [0.2, 0.25) is 0 Å². The summed E-state index contributed by atoms with van der Waals surface area (Å²) in [6.45, 7) is 8.19. The maximum Gasteiger partial charge on any atom is 0.309 e. The third-order valence-corrected chi connectivity index (χ3v) is 3.75. The third kappa shape index (κ3) is 4.01. The van der Waals surface area contributed by atoms with E-state index in [0.29, 0.717) is 29.9 Å². The minimum absolute atomic E-state index is 0.242. The molecule has 0 aliphatic carbocycles. The largest absolute Gasteiger partial charge is 0.425 e. The molecule has 0 bridgehead atoms. The maximum atomic E-state index is 12.0. The predicted octanol–water partition coefficient (Wildman–Crippen LogP) is 2.79. The Balaban J connectivity index is 2.24. The van der Waals surface area contributed by atoms with Gasteiger partial charge in [0.15, 0.2) is 0 Å². The van der Waals surface area contributed by atoms with Crippen LogP contribution in [-0.2, 0) is 9.47 Å². The Labute approximate surface area is 141 Å². The fourth-order valence-corrected chi connectivity index (χ4v) is 2.55. The van der Waals surface area contributed by atoms with Gasteiger partial charge in [0.1, 0.15) is 5.52 Å². The standard InChI is InChI=1S/C18H24N2O4/c1-4-8-23-9-10-24-12-14(5-2)16-13(3)11-19-17-15(16)6-7-20(22)18(17)21/h5-7,11,22H,4,8-10,12H2,1-3H3/b14-5-. The van der Waals surface area contributed by atoms with Crippen molar-refractivity contribution in [2.75, 3.05) is 26.4 Å². The van der Waals surface area contributed by atoms with Gasteiger partial charge in [-0.2, -0.15) is 4.73 Å². The predicted molar refractivity (Wildman–Crippen MR) is 93.5 cm³/mol. The zero-order chi connectivity index (χ0) is 17.5. The fourth-order valence-electron chi connectivity index (χ4n) is 2.55. The van der Waals surface area contributed by atoms with Crippen molar-refractivity contribution in [3.63, 3.8) is 0 Å². The van der Waals surface area contributed by atoms with Crippen molar-refractivity contribution in [3.8, 4) is 0 Å². The smallest absolute Gasteiger partial charge is 0.309 e. The Kier molecular flexibility index (Phi) is 6.52. The van der Waals surface area contributed by atoms with E-state index >= 15 is 0 Å². The first-order chi connectivity index (χ1) is 11.6. The lowest BCUT2D eigenvalue weighted by Gasteiger charge is -2.14. The molecule has 0 saturated carbocycles. The van der Waals surface area contributed by atoms with Gasteiger partial charge in [-0.15, -0.1) is 0 Å². The summed E-state index contributed by atoms with van der Waals surface area (Å²) >= 11 is 0. The number of aromatic nitrogens is 2. The van der Waals surface area contributed by atoms with Gasteiger partial charge in [-0.1, -0.05) is 13.0 Å². The zero-order valence-electron chi connectivity index (χ0n) is 14.4. The second-order valence-corrected chi connectivity index (χ2v) is 5.52. The highest BCUT2D eigenvalue weighted by Gasteiger charge is 2.13. The monoisotopic (exact) mass is 332 g/mol. The van der Waals surface area contributed by atoms with Crippen LogP contribution in [0, 0.1) is 6.92 Å². The Bertz CT molecular complexity index is 780. The van der Waals surface area contributed by atoms with Crippen LogP contribution in [0.25, 0.3) is 16.5 Å². The van der Waals surface area contributed by atoms with Crippen LogP contribution in [0.1, 0.15) is 31.4 Å². The van der Waals surface area contributed by atoms with Crippen molar-refractivity contribution in [1.82, 2.24) is 9.71 Å². The summed E-state index contributed by atoms with van der Waals surface area (Å²) in [4.78, 5) is 16.2. The van der Waals surface area contributed by atoms with Crippen LogP contribution in [0.15, 0.2) is 29.3 Å². The van der Waals surface area contributed by atoms with E-state index in [4.69, 9.17) is 9.47 Å². The van der Waals surface area contributed by atoms with Crippen LogP contribution in [0.5, 0.6) is 0 Å². The number of allylic oxidation sites excluding steroid dienone is 1. The summed E-state index contributed by atoms with van der Waals surface area (Å²) in [5.41, 5.74) is 2.57. The Morgan fingerprint density at radius 1 is 1.33 bits per heavy atom. The molecule has 0 saturated heterocycles. The normalized spacial score (nSPS) is 12.0. The van der Waals surface area contributed by atoms with Gasteiger partial charge in [-0.25, -0.2) is 4.98 Å². The molecule has 0 radical (unpaired) electrons. The number of rotatable bonds is 8. The van der Waals surface area contributed by atoms with E-state index in [1.807, 2.05) is 19.9 Å². The second-order valence-electron chi connectivity index (χ2n) is 5.52. The first-order valence-electron chi connectivity index (χ1n) is 8.11. The van der Waals surface area contributed by atoms with Crippen LogP contribution in [-0.4, -0.2) is 41.3 Å². The number of aryl methyl sites for hydroxylation is 1. The van der Waals surface area contributed by atoms with Crippen LogP contribution >= 0.6 is 0 Å². The average Bonchev–Trinajstić information content (AvgIpc) is 2.58. The van der Waals surface area contributed by atoms with Gasteiger partial charge >= 0.3 is 5.56 Å². The highest BCUT2D eigenvalue weighted by Crippen LogP contribution is 2.26. The molecule has 6 heteroatoms. The van der Waals surface area contributed by atoms with Crippen molar-refractivity contribution in [2.45, 2.75) is 27.2 Å². The highest BCUT2D eigenvalue weighted by atomic mass is 16.5. The number of nitrogens with zero attached hydrogens (tertiary/aromatic N) is 2. The summed E-state index contributed by atoms with van der Waals surface area (Å²) in [6.07, 6.45) is 5.94. The van der Waals surface area contributed by atoms with Crippen molar-refractivity contribution in [3.05, 3.63) is 46.0 Å². The molecule has 0 atom stereocenters. The van der Waals surface area contributed by atoms with Crippen LogP contribution < -0.4 is 5.56 Å². The third-order valence-electron chi connectivity index (χ3n) is 3.75. The van der Waals surface area contributed by atoms with E-state index in [9.17, 15) is 10.0 Å². The van der Waals surface area contributed by atoms with Gasteiger partial charge in [0.05, 0.1) is 19.8 Å². The average molecular weight is 332 g/mol. The van der Waals surface area contributed by atoms with E-state index in [-0.39, 0.29) is 5.52 Å². The molecule has 2 heterocycles. The molecule has 0 aliphatic heterocycles. The molecule has 2 aromatic heterocycles. The van der Waals surface area contributed by atoms with Crippen LogP contribution in [0.3, 0.4) is 0 Å². The van der Waals surface area contributed by atoms with E-state index < -0.39 is 5.56 Å². The number of pyridine rings is 2. The summed E-state index contributed by atoms with van der Waals surface area (Å²) in [6, 6.07) is 1.69. The fraction of sp³-hybridized carbons (Fsp3) is 0.444. The van der Waals surface area contributed by atoms with Crippen molar-refractivity contribution in [2.24, 2.45) is 0 Å². The SMILES string of the molecule is C/C=C(/COCCOCCC)c1c(C)cnc2c(=O)n(O)ccc12. The lowest BCUT2D eigenvalue weighted by molar-refractivity contribution is 0.0605. The van der Waals surface area contributed by atoms with Crippen LogP contribution in [0.4, 0.5) is 0 Å². The van der Waals surface area contributed by atoms with Gasteiger partial charge in [0.25, 0.3) is 0 Å². The quantitative estimate of drug-likeness (QED) is 0.594. The molecule has 0 aromatic carbocycles. The maximum absolute atomic E-state index is 12.0.